The van der Waals surface area contributed by atoms with Crippen LogP contribution in [-0.4, -0.2) is 29.3 Å². The van der Waals surface area contributed by atoms with E-state index in [2.05, 4.69) is 35.4 Å². The van der Waals surface area contributed by atoms with Crippen molar-refractivity contribution in [1.82, 2.24) is 10.2 Å². The molecule has 1 aromatic heterocycles. The first-order valence-electron chi connectivity index (χ1n) is 11.5. The highest BCUT2D eigenvalue weighted by Gasteiger charge is 2.15. The minimum Gasteiger partial charge on any atom is -0.490 e. The van der Waals surface area contributed by atoms with Crippen LogP contribution in [0.5, 0.6) is 11.5 Å². The van der Waals surface area contributed by atoms with Gasteiger partial charge in [-0.05, 0) is 48.7 Å². The Morgan fingerprint density at radius 2 is 1.91 bits per heavy atom. The number of fused-ring (bicyclic) bond motifs is 1. The van der Waals surface area contributed by atoms with Crippen molar-refractivity contribution < 1.29 is 14.3 Å². The summed E-state index contributed by atoms with van der Waals surface area (Å²) in [6, 6.07) is 12.8. The standard InChI is InChI=1S/C27H29N3O4/c1-4-21-22(13-17(2)3)23(29-30-27(21)32)15-18-7-5-8-20(14-18)28-26(31)19-9-10-24-25(16-19)34-12-6-11-33-24/h4-5,7-10,13-14,16-17H,6,11-12,15H2,1-3H3,(H,28,31)(H,30,32)/b21-4+,22-13+. The zero-order valence-corrected chi connectivity index (χ0v) is 19.7. The van der Waals surface area contributed by atoms with Crippen molar-refractivity contribution in [2.45, 2.75) is 33.6 Å². The Morgan fingerprint density at radius 3 is 2.68 bits per heavy atom. The van der Waals surface area contributed by atoms with Gasteiger partial charge < -0.3 is 14.8 Å². The molecule has 2 aromatic carbocycles. The molecule has 34 heavy (non-hydrogen) atoms. The molecule has 1 aliphatic rings. The van der Waals surface area contributed by atoms with E-state index in [0.717, 1.165) is 22.9 Å². The zero-order chi connectivity index (χ0) is 24.1. The summed E-state index contributed by atoms with van der Waals surface area (Å²) in [5.74, 6) is 1.27. The van der Waals surface area contributed by atoms with E-state index in [1.165, 1.54) is 0 Å². The topological polar surface area (TPSA) is 93.3 Å². The molecule has 0 unspecified atom stereocenters. The van der Waals surface area contributed by atoms with Crippen LogP contribution in [-0.2, 0) is 6.42 Å². The summed E-state index contributed by atoms with van der Waals surface area (Å²) < 4.78 is 11.3. The van der Waals surface area contributed by atoms with Crippen molar-refractivity contribution in [3.05, 3.63) is 80.1 Å². The fourth-order valence-electron chi connectivity index (χ4n) is 3.92. The molecule has 4 rings (SSSR count). The van der Waals surface area contributed by atoms with Gasteiger partial charge in [0.1, 0.15) is 0 Å². The smallest absolute Gasteiger partial charge is 0.271 e. The van der Waals surface area contributed by atoms with Crippen molar-refractivity contribution in [3.63, 3.8) is 0 Å². The Hall–Kier alpha value is -3.87. The first kappa shape index (κ1) is 23.3. The molecular formula is C27H29N3O4. The third kappa shape index (κ3) is 5.36. The highest BCUT2D eigenvalue weighted by atomic mass is 16.5. The van der Waals surface area contributed by atoms with Crippen LogP contribution in [0.25, 0.3) is 12.2 Å². The molecule has 0 bridgehead atoms. The number of aromatic amines is 1. The average molecular weight is 460 g/mol. The van der Waals surface area contributed by atoms with Crippen LogP contribution in [0.4, 0.5) is 5.69 Å². The first-order valence-corrected chi connectivity index (χ1v) is 11.5. The molecule has 2 N–H and O–H groups in total. The van der Waals surface area contributed by atoms with Gasteiger partial charge in [-0.2, -0.15) is 5.10 Å². The van der Waals surface area contributed by atoms with Gasteiger partial charge in [0.15, 0.2) is 11.5 Å². The van der Waals surface area contributed by atoms with Gasteiger partial charge in [-0.1, -0.05) is 38.1 Å². The number of nitrogens with one attached hydrogen (secondary N) is 2. The second kappa shape index (κ2) is 10.4. The SMILES string of the molecule is C/C=c1/c(=O)[nH]nc(Cc2cccc(NC(=O)c3ccc4c(c3)OCCCO4)c2)/c1=C/C(C)C. The van der Waals surface area contributed by atoms with Gasteiger partial charge in [-0.15, -0.1) is 0 Å². The number of nitrogens with zero attached hydrogens (tertiary/aromatic N) is 1. The number of H-pyrrole nitrogens is 1. The van der Waals surface area contributed by atoms with Crippen molar-refractivity contribution in [2.75, 3.05) is 18.5 Å². The molecule has 0 radical (unpaired) electrons. The van der Waals surface area contributed by atoms with E-state index in [0.29, 0.717) is 47.6 Å². The minimum absolute atomic E-state index is 0.200. The maximum atomic E-state index is 12.9. The molecule has 0 fully saturated rings. The van der Waals surface area contributed by atoms with Crippen LogP contribution >= 0.6 is 0 Å². The lowest BCUT2D eigenvalue weighted by Crippen LogP contribution is -2.44. The maximum absolute atomic E-state index is 12.9. The van der Waals surface area contributed by atoms with Crippen LogP contribution < -0.4 is 30.8 Å². The van der Waals surface area contributed by atoms with Gasteiger partial charge in [0.25, 0.3) is 11.5 Å². The summed E-state index contributed by atoms with van der Waals surface area (Å²) in [6.45, 7) is 7.15. The Bertz CT molecular complexity index is 1380. The summed E-state index contributed by atoms with van der Waals surface area (Å²) in [6.07, 6.45) is 5.19. The Kier molecular flexibility index (Phi) is 7.11. The van der Waals surface area contributed by atoms with Crippen molar-refractivity contribution >= 4 is 23.7 Å². The molecule has 1 aliphatic heterocycles. The fraction of sp³-hybridized carbons (Fsp3) is 0.296. The van der Waals surface area contributed by atoms with E-state index in [1.807, 2.05) is 37.3 Å². The fourth-order valence-corrected chi connectivity index (χ4v) is 3.92. The van der Waals surface area contributed by atoms with E-state index >= 15 is 0 Å². The van der Waals surface area contributed by atoms with Gasteiger partial charge in [-0.25, -0.2) is 5.10 Å². The van der Waals surface area contributed by atoms with Crippen LogP contribution in [0.2, 0.25) is 0 Å². The molecule has 7 nitrogen and oxygen atoms in total. The monoisotopic (exact) mass is 459 g/mol. The number of carbonyl (C=O) groups is 1. The highest BCUT2D eigenvalue weighted by molar-refractivity contribution is 6.04. The second-order valence-corrected chi connectivity index (χ2v) is 8.57. The molecule has 0 atom stereocenters. The molecule has 0 aliphatic carbocycles. The molecule has 176 valence electrons. The molecule has 3 aromatic rings. The predicted octanol–water partition coefficient (Wildman–Crippen LogP) is 3.01. The van der Waals surface area contributed by atoms with Gasteiger partial charge in [0, 0.05) is 34.5 Å². The summed E-state index contributed by atoms with van der Waals surface area (Å²) in [5, 5.41) is 11.4. The van der Waals surface area contributed by atoms with Gasteiger partial charge >= 0.3 is 0 Å². The summed E-state index contributed by atoms with van der Waals surface area (Å²) in [5.41, 5.74) is 2.73. The van der Waals surface area contributed by atoms with Crippen LogP contribution in [0.1, 0.15) is 48.8 Å². The number of hydrogen-bond acceptors (Lipinski definition) is 5. The number of aromatic nitrogens is 2. The molecular weight excluding hydrogens is 430 g/mol. The Labute approximate surface area is 198 Å². The van der Waals surface area contributed by atoms with Crippen LogP contribution in [0.3, 0.4) is 0 Å². The van der Waals surface area contributed by atoms with Crippen molar-refractivity contribution in [1.29, 1.82) is 0 Å². The van der Waals surface area contributed by atoms with Crippen LogP contribution in [0.15, 0.2) is 47.3 Å². The molecule has 0 saturated carbocycles. The van der Waals surface area contributed by atoms with Gasteiger partial charge in [-0.3, -0.25) is 9.59 Å². The third-order valence-corrected chi connectivity index (χ3v) is 5.49. The van der Waals surface area contributed by atoms with E-state index < -0.39 is 0 Å². The molecule has 0 saturated heterocycles. The number of hydrogen-bond donors (Lipinski definition) is 2. The number of anilines is 1. The number of amides is 1. The molecule has 2 heterocycles. The number of benzene rings is 2. The quantitative estimate of drug-likeness (QED) is 0.612. The Morgan fingerprint density at radius 1 is 1.12 bits per heavy atom. The zero-order valence-electron chi connectivity index (χ0n) is 19.7. The number of ether oxygens (including phenoxy) is 2. The summed E-state index contributed by atoms with van der Waals surface area (Å²) in [7, 11) is 0. The Balaban J connectivity index is 1.58. The maximum Gasteiger partial charge on any atom is 0.271 e. The van der Waals surface area contributed by atoms with E-state index in [-0.39, 0.29) is 17.4 Å². The largest absolute Gasteiger partial charge is 0.490 e. The lowest BCUT2D eigenvalue weighted by molar-refractivity contribution is 0.102. The van der Waals surface area contributed by atoms with Gasteiger partial charge in [0.05, 0.1) is 18.9 Å². The highest BCUT2D eigenvalue weighted by Crippen LogP contribution is 2.30. The van der Waals surface area contributed by atoms with Crippen molar-refractivity contribution in [2.24, 2.45) is 5.92 Å². The normalized spacial score (nSPS) is 14.2. The second-order valence-electron chi connectivity index (χ2n) is 8.57. The molecule has 7 heteroatoms. The number of rotatable bonds is 5. The van der Waals surface area contributed by atoms with E-state index in [4.69, 9.17) is 9.47 Å². The lowest BCUT2D eigenvalue weighted by Gasteiger charge is -2.11. The summed E-state index contributed by atoms with van der Waals surface area (Å²) in [4.78, 5) is 25.1. The average Bonchev–Trinajstić information content (AvgIpc) is 3.06. The predicted molar refractivity (Wildman–Crippen MR) is 133 cm³/mol. The van der Waals surface area contributed by atoms with E-state index in [1.54, 1.807) is 18.2 Å². The van der Waals surface area contributed by atoms with Crippen LogP contribution in [0, 0.1) is 5.92 Å². The lowest BCUT2D eigenvalue weighted by atomic mass is 10.0. The third-order valence-electron chi connectivity index (χ3n) is 5.49. The molecule has 1 amide bonds. The first-order chi connectivity index (χ1) is 16.4. The minimum atomic E-state index is -0.230. The van der Waals surface area contributed by atoms with E-state index in [9.17, 15) is 9.59 Å². The summed E-state index contributed by atoms with van der Waals surface area (Å²) >= 11 is 0. The number of carbonyl (C=O) groups excluding carboxylic acids is 1. The van der Waals surface area contributed by atoms with Gasteiger partial charge in [0.2, 0.25) is 0 Å². The molecule has 0 spiro atoms. The van der Waals surface area contributed by atoms with Crippen molar-refractivity contribution in [3.8, 4) is 11.5 Å².